The number of halogens is 2. The van der Waals surface area contributed by atoms with Crippen molar-refractivity contribution in [3.8, 4) is 5.75 Å². The van der Waals surface area contributed by atoms with Gasteiger partial charge in [0.05, 0.1) is 22.2 Å². The van der Waals surface area contributed by atoms with E-state index in [1.807, 2.05) is 0 Å². The fraction of sp³-hybridized carbons (Fsp3) is 0.412. The number of nitrogens with zero attached hydrogens (tertiary/aromatic N) is 1. The quantitative estimate of drug-likeness (QED) is 0.751. The van der Waals surface area contributed by atoms with Crippen LogP contribution in [0.5, 0.6) is 5.75 Å². The van der Waals surface area contributed by atoms with Gasteiger partial charge in [0.15, 0.2) is 0 Å². The third-order valence-corrected chi connectivity index (χ3v) is 5.06. The van der Waals surface area contributed by atoms with E-state index >= 15 is 0 Å². The summed E-state index contributed by atoms with van der Waals surface area (Å²) in [5.74, 6) is -1.23. The van der Waals surface area contributed by atoms with Crippen LogP contribution in [-0.4, -0.2) is 17.9 Å². The zero-order chi connectivity index (χ0) is 16.1. The highest BCUT2D eigenvalue weighted by atomic mass is 79.9. The van der Waals surface area contributed by atoms with Gasteiger partial charge in [0, 0.05) is 11.6 Å². The van der Waals surface area contributed by atoms with Gasteiger partial charge in [-0.05, 0) is 54.1 Å². The molecule has 0 aromatic heterocycles. The van der Waals surface area contributed by atoms with Gasteiger partial charge < -0.3 is 4.74 Å². The van der Waals surface area contributed by atoms with E-state index in [1.54, 1.807) is 6.08 Å². The van der Waals surface area contributed by atoms with E-state index < -0.39 is 11.7 Å². The molecule has 4 rings (SSSR count). The summed E-state index contributed by atoms with van der Waals surface area (Å²) in [6, 6.07) is 2.71. The van der Waals surface area contributed by atoms with E-state index in [-0.39, 0.29) is 23.6 Å². The summed E-state index contributed by atoms with van der Waals surface area (Å²) < 4.78 is 20.7. The zero-order valence-electron chi connectivity index (χ0n) is 12.4. The lowest BCUT2D eigenvalue weighted by Crippen LogP contribution is -2.46. The first-order valence-electron chi connectivity index (χ1n) is 7.79. The van der Waals surface area contributed by atoms with Crippen LogP contribution in [0, 0.1) is 11.7 Å². The summed E-state index contributed by atoms with van der Waals surface area (Å²) in [5.41, 5.74) is 0.587. The molecular formula is C17H15BrFNO3. The first kappa shape index (κ1) is 14.9. The molecule has 0 radical (unpaired) electrons. The number of hydrogen-bond acceptors (Lipinski definition) is 3. The van der Waals surface area contributed by atoms with E-state index in [2.05, 4.69) is 15.9 Å². The van der Waals surface area contributed by atoms with Crippen molar-refractivity contribution in [3.63, 3.8) is 0 Å². The van der Waals surface area contributed by atoms with Crippen LogP contribution in [0.1, 0.15) is 32.1 Å². The first-order chi connectivity index (χ1) is 11.0. The average Bonchev–Trinajstić information content (AvgIpc) is 3.34. The van der Waals surface area contributed by atoms with Crippen molar-refractivity contribution in [2.75, 3.05) is 4.90 Å². The largest absolute Gasteiger partial charge is 0.489 e. The Morgan fingerprint density at radius 1 is 1.22 bits per heavy atom. The molecule has 2 bridgehead atoms. The summed E-state index contributed by atoms with van der Waals surface area (Å²) in [5, 5.41) is 0. The van der Waals surface area contributed by atoms with Crippen molar-refractivity contribution in [2.45, 2.75) is 38.2 Å². The van der Waals surface area contributed by atoms with Crippen molar-refractivity contribution >= 4 is 33.4 Å². The Morgan fingerprint density at radius 2 is 2.00 bits per heavy atom. The lowest BCUT2D eigenvalue weighted by molar-refractivity contribution is -0.128. The maximum absolute atomic E-state index is 14.4. The number of carbonyl (C=O) groups excluding carboxylic acids is 2. The molecule has 120 valence electrons. The second-order valence-corrected chi connectivity index (χ2v) is 7.08. The molecule has 1 aromatic carbocycles. The van der Waals surface area contributed by atoms with E-state index in [1.165, 1.54) is 12.1 Å². The van der Waals surface area contributed by atoms with Crippen LogP contribution in [0.25, 0.3) is 0 Å². The van der Waals surface area contributed by atoms with Crippen molar-refractivity contribution < 1.29 is 18.7 Å². The molecule has 1 saturated carbocycles. The molecular weight excluding hydrogens is 365 g/mol. The molecule has 23 heavy (non-hydrogen) atoms. The highest BCUT2D eigenvalue weighted by Crippen LogP contribution is 2.40. The molecule has 1 aromatic rings. The fourth-order valence-electron chi connectivity index (χ4n) is 3.08. The topological polar surface area (TPSA) is 46.6 Å². The third-order valence-electron chi connectivity index (χ3n) is 4.44. The monoisotopic (exact) mass is 379 g/mol. The zero-order valence-corrected chi connectivity index (χ0v) is 13.9. The number of benzene rings is 1. The summed E-state index contributed by atoms with van der Waals surface area (Å²) in [4.78, 5) is 26.1. The highest BCUT2D eigenvalue weighted by molar-refractivity contribution is 9.10. The van der Waals surface area contributed by atoms with E-state index in [0.717, 1.165) is 24.2 Å². The second kappa shape index (κ2) is 5.44. The van der Waals surface area contributed by atoms with Gasteiger partial charge in [0.1, 0.15) is 11.6 Å². The number of anilines is 1. The summed E-state index contributed by atoms with van der Waals surface area (Å²) in [6.45, 7) is 0. The number of imide groups is 1. The summed E-state index contributed by atoms with van der Waals surface area (Å²) in [6.07, 6.45) is 5.98. The van der Waals surface area contributed by atoms with Crippen LogP contribution in [0.2, 0.25) is 0 Å². The fourth-order valence-corrected chi connectivity index (χ4v) is 3.49. The molecule has 0 saturated heterocycles. The molecule has 2 aliphatic carbocycles. The van der Waals surface area contributed by atoms with E-state index in [0.29, 0.717) is 28.6 Å². The Hall–Kier alpha value is -1.69. The number of fused-ring (bicyclic) bond motifs is 1. The van der Waals surface area contributed by atoms with Gasteiger partial charge in [-0.25, -0.2) is 9.29 Å². The molecule has 3 aliphatic rings. The van der Waals surface area contributed by atoms with E-state index in [4.69, 9.17) is 4.74 Å². The van der Waals surface area contributed by atoms with Gasteiger partial charge in [0.25, 0.3) is 5.91 Å². The molecule has 1 atom stereocenters. The number of amides is 2. The highest BCUT2D eigenvalue weighted by Gasteiger charge is 2.39. The molecule has 1 heterocycles. The minimum atomic E-state index is -0.609. The SMILES string of the molecule is O=C1C2=CC(CCC2)C(=O)N1c1cc(OC2CC2)c(Br)cc1F. The van der Waals surface area contributed by atoms with Crippen molar-refractivity contribution in [1.82, 2.24) is 0 Å². The molecule has 1 unspecified atom stereocenters. The minimum Gasteiger partial charge on any atom is -0.489 e. The standard InChI is InChI=1S/C17H15BrFNO3/c18-12-7-13(19)14(8-15(12)23-11-4-5-11)20-16(21)9-2-1-3-10(6-9)17(20)22/h6-9,11H,1-5H2. The number of ether oxygens (including phenoxy) is 1. The van der Waals surface area contributed by atoms with Crippen LogP contribution in [0.15, 0.2) is 28.3 Å². The second-order valence-electron chi connectivity index (χ2n) is 6.22. The number of hydrogen-bond donors (Lipinski definition) is 0. The van der Waals surface area contributed by atoms with Gasteiger partial charge in [0.2, 0.25) is 5.91 Å². The molecule has 6 heteroatoms. The maximum Gasteiger partial charge on any atom is 0.260 e. The number of rotatable bonds is 3. The molecule has 2 amide bonds. The normalized spacial score (nSPS) is 23.8. The van der Waals surface area contributed by atoms with Crippen molar-refractivity contribution in [3.05, 3.63) is 34.1 Å². The Bertz CT molecular complexity index is 742. The van der Waals surface area contributed by atoms with Crippen molar-refractivity contribution in [2.24, 2.45) is 5.92 Å². The van der Waals surface area contributed by atoms with Gasteiger partial charge in [-0.2, -0.15) is 0 Å². The Labute approximate surface area is 141 Å². The Kier molecular flexibility index (Phi) is 3.52. The van der Waals surface area contributed by atoms with Gasteiger partial charge in [-0.3, -0.25) is 9.59 Å². The van der Waals surface area contributed by atoms with Crippen LogP contribution >= 0.6 is 15.9 Å². The molecule has 4 nitrogen and oxygen atoms in total. The Morgan fingerprint density at radius 3 is 2.74 bits per heavy atom. The van der Waals surface area contributed by atoms with Gasteiger partial charge in [-0.15, -0.1) is 0 Å². The predicted octanol–water partition coefficient (Wildman–Crippen LogP) is 3.73. The van der Waals surface area contributed by atoms with Crippen LogP contribution in [0.3, 0.4) is 0 Å². The maximum atomic E-state index is 14.4. The van der Waals surface area contributed by atoms with Crippen molar-refractivity contribution in [1.29, 1.82) is 0 Å². The molecule has 0 spiro atoms. The lowest BCUT2D eigenvalue weighted by atomic mass is 9.85. The Balaban J connectivity index is 1.75. The lowest BCUT2D eigenvalue weighted by Gasteiger charge is -2.33. The molecule has 1 fully saturated rings. The van der Waals surface area contributed by atoms with Crippen LogP contribution < -0.4 is 9.64 Å². The van der Waals surface area contributed by atoms with Crippen LogP contribution in [-0.2, 0) is 9.59 Å². The molecule has 0 N–H and O–H groups in total. The predicted molar refractivity (Wildman–Crippen MR) is 85.7 cm³/mol. The summed E-state index contributed by atoms with van der Waals surface area (Å²) in [7, 11) is 0. The first-order valence-corrected chi connectivity index (χ1v) is 8.58. The number of carbonyl (C=O) groups is 2. The minimum absolute atomic E-state index is 0.0173. The average molecular weight is 380 g/mol. The smallest absolute Gasteiger partial charge is 0.260 e. The summed E-state index contributed by atoms with van der Waals surface area (Å²) >= 11 is 3.28. The van der Waals surface area contributed by atoms with Crippen LogP contribution in [0.4, 0.5) is 10.1 Å². The van der Waals surface area contributed by atoms with E-state index in [9.17, 15) is 14.0 Å². The molecule has 1 aliphatic heterocycles. The van der Waals surface area contributed by atoms with Gasteiger partial charge >= 0.3 is 0 Å². The third kappa shape index (κ3) is 2.59. The van der Waals surface area contributed by atoms with Gasteiger partial charge in [-0.1, -0.05) is 6.08 Å².